The molecule has 0 bridgehead atoms. The van der Waals surface area contributed by atoms with Gasteiger partial charge in [0.2, 0.25) is 0 Å². The number of carbonyl (C=O) groups excluding carboxylic acids is 1. The number of benzene rings is 1. The molecule has 19 heavy (non-hydrogen) atoms. The summed E-state index contributed by atoms with van der Waals surface area (Å²) in [4.78, 5) is 21.6. The number of nitro groups is 1. The summed E-state index contributed by atoms with van der Waals surface area (Å²) in [7, 11) is 0. The molecular weight excluding hydrogens is 246 g/mol. The highest BCUT2D eigenvalue weighted by atomic mass is 16.6. The van der Waals surface area contributed by atoms with Crippen molar-refractivity contribution in [2.24, 2.45) is 5.92 Å². The number of carbonyl (C=O) groups is 1. The van der Waals surface area contributed by atoms with Crippen LogP contribution >= 0.6 is 0 Å². The molecule has 1 aromatic rings. The number of non-ortho nitro benzene ring substituents is 1. The van der Waals surface area contributed by atoms with Crippen molar-refractivity contribution in [3.05, 3.63) is 34.4 Å². The minimum atomic E-state index is -0.488. The zero-order valence-electron chi connectivity index (χ0n) is 11.3. The third-order valence-electron chi connectivity index (χ3n) is 2.84. The molecule has 0 unspecified atom stereocenters. The van der Waals surface area contributed by atoms with Crippen LogP contribution in [0.1, 0.15) is 39.5 Å². The van der Waals surface area contributed by atoms with Crippen LogP contribution in [0.15, 0.2) is 24.3 Å². The van der Waals surface area contributed by atoms with Gasteiger partial charge < -0.3 is 4.74 Å². The Bertz CT molecular complexity index is 428. The van der Waals surface area contributed by atoms with Gasteiger partial charge in [-0.15, -0.1) is 0 Å². The van der Waals surface area contributed by atoms with Gasteiger partial charge in [0.1, 0.15) is 5.75 Å². The van der Waals surface area contributed by atoms with Crippen molar-refractivity contribution >= 4 is 11.7 Å². The van der Waals surface area contributed by atoms with Gasteiger partial charge in [-0.3, -0.25) is 14.9 Å². The summed E-state index contributed by atoms with van der Waals surface area (Å²) in [6.07, 6.45) is 3.59. The zero-order chi connectivity index (χ0) is 14.3. The topological polar surface area (TPSA) is 69.4 Å². The normalized spacial score (nSPS) is 11.9. The Kier molecular flexibility index (Phi) is 5.99. The van der Waals surface area contributed by atoms with E-state index in [2.05, 4.69) is 6.92 Å². The minimum Gasteiger partial charge on any atom is -0.427 e. The molecule has 0 aliphatic carbocycles. The average Bonchev–Trinajstić information content (AvgIpc) is 2.36. The molecule has 0 aromatic heterocycles. The second-order valence-corrected chi connectivity index (χ2v) is 4.68. The van der Waals surface area contributed by atoms with Crippen LogP contribution in [0.5, 0.6) is 5.75 Å². The molecule has 1 atom stereocenters. The summed E-state index contributed by atoms with van der Waals surface area (Å²) in [6.45, 7) is 4.13. The van der Waals surface area contributed by atoms with Crippen LogP contribution in [0, 0.1) is 16.0 Å². The largest absolute Gasteiger partial charge is 0.427 e. The smallest absolute Gasteiger partial charge is 0.311 e. The molecule has 1 rings (SSSR count). The lowest BCUT2D eigenvalue weighted by molar-refractivity contribution is -0.384. The molecule has 0 fully saturated rings. The summed E-state index contributed by atoms with van der Waals surface area (Å²) in [6, 6.07) is 5.52. The molecule has 0 radical (unpaired) electrons. The summed E-state index contributed by atoms with van der Waals surface area (Å²) < 4.78 is 5.14. The van der Waals surface area contributed by atoms with E-state index >= 15 is 0 Å². The fourth-order valence-corrected chi connectivity index (χ4v) is 1.75. The van der Waals surface area contributed by atoms with Crippen molar-refractivity contribution in [2.45, 2.75) is 39.5 Å². The average molecular weight is 265 g/mol. The van der Waals surface area contributed by atoms with E-state index in [4.69, 9.17) is 4.74 Å². The van der Waals surface area contributed by atoms with E-state index in [0.717, 1.165) is 19.3 Å². The monoisotopic (exact) mass is 265 g/mol. The molecule has 5 heteroatoms. The molecule has 0 spiro atoms. The molecule has 0 N–H and O–H groups in total. The molecule has 104 valence electrons. The third-order valence-corrected chi connectivity index (χ3v) is 2.84. The predicted octanol–water partition coefficient (Wildman–Crippen LogP) is 3.72. The van der Waals surface area contributed by atoms with Gasteiger partial charge in [0, 0.05) is 18.6 Å². The Labute approximate surface area is 112 Å². The van der Waals surface area contributed by atoms with E-state index in [9.17, 15) is 14.9 Å². The number of rotatable bonds is 7. The van der Waals surface area contributed by atoms with Crippen LogP contribution in [0.3, 0.4) is 0 Å². The number of nitro benzene ring substituents is 1. The number of esters is 1. The molecule has 0 saturated carbocycles. The summed E-state index contributed by atoms with van der Waals surface area (Å²) in [5.74, 6) is 0.348. The maximum absolute atomic E-state index is 11.6. The first kappa shape index (κ1) is 15.1. The van der Waals surface area contributed by atoms with Crippen molar-refractivity contribution in [1.82, 2.24) is 0 Å². The van der Waals surface area contributed by atoms with E-state index in [-0.39, 0.29) is 11.7 Å². The van der Waals surface area contributed by atoms with E-state index in [0.29, 0.717) is 18.1 Å². The highest BCUT2D eigenvalue weighted by molar-refractivity contribution is 5.72. The van der Waals surface area contributed by atoms with Crippen molar-refractivity contribution < 1.29 is 14.5 Å². The van der Waals surface area contributed by atoms with Gasteiger partial charge in [-0.2, -0.15) is 0 Å². The first-order chi connectivity index (χ1) is 9.02. The van der Waals surface area contributed by atoms with Crippen LogP contribution in [0.2, 0.25) is 0 Å². The first-order valence-electron chi connectivity index (χ1n) is 6.48. The Morgan fingerprint density at radius 2 is 2.00 bits per heavy atom. The zero-order valence-corrected chi connectivity index (χ0v) is 11.3. The van der Waals surface area contributed by atoms with Crippen LogP contribution < -0.4 is 4.74 Å². The molecule has 5 nitrogen and oxygen atoms in total. The predicted molar refractivity (Wildman–Crippen MR) is 72.0 cm³/mol. The van der Waals surface area contributed by atoms with Gasteiger partial charge in [-0.05, 0) is 18.1 Å². The van der Waals surface area contributed by atoms with Crippen LogP contribution in [-0.2, 0) is 4.79 Å². The lowest BCUT2D eigenvalue weighted by atomic mass is 10.0. The SMILES string of the molecule is CCCC[C@@H](C)CC(=O)Oc1ccc([N+](=O)[O-])cc1. The molecule has 0 aliphatic rings. The van der Waals surface area contributed by atoms with Crippen LogP contribution in [0.4, 0.5) is 5.69 Å². The Hall–Kier alpha value is -1.91. The van der Waals surface area contributed by atoms with E-state index in [1.54, 1.807) is 0 Å². The van der Waals surface area contributed by atoms with Crippen molar-refractivity contribution in [1.29, 1.82) is 0 Å². The number of ether oxygens (including phenoxy) is 1. The Morgan fingerprint density at radius 3 is 2.53 bits per heavy atom. The summed E-state index contributed by atoms with van der Waals surface area (Å²) in [5.41, 5.74) is -0.0175. The summed E-state index contributed by atoms with van der Waals surface area (Å²) in [5, 5.41) is 10.5. The highest BCUT2D eigenvalue weighted by Crippen LogP contribution is 2.19. The quantitative estimate of drug-likeness (QED) is 0.326. The van der Waals surface area contributed by atoms with Crippen LogP contribution in [-0.4, -0.2) is 10.9 Å². The Morgan fingerprint density at radius 1 is 1.37 bits per heavy atom. The maximum atomic E-state index is 11.6. The van der Waals surface area contributed by atoms with Crippen LogP contribution in [0.25, 0.3) is 0 Å². The fraction of sp³-hybridized carbons (Fsp3) is 0.500. The second-order valence-electron chi connectivity index (χ2n) is 4.68. The Balaban J connectivity index is 2.45. The molecule has 0 amide bonds. The van der Waals surface area contributed by atoms with Crippen molar-refractivity contribution in [3.8, 4) is 5.75 Å². The van der Waals surface area contributed by atoms with Gasteiger partial charge in [-0.25, -0.2) is 0 Å². The molecular formula is C14H19NO4. The van der Waals surface area contributed by atoms with Gasteiger partial charge in [0.05, 0.1) is 4.92 Å². The minimum absolute atomic E-state index is 0.0175. The third kappa shape index (κ3) is 5.50. The first-order valence-corrected chi connectivity index (χ1v) is 6.48. The lowest BCUT2D eigenvalue weighted by Gasteiger charge is -2.10. The highest BCUT2D eigenvalue weighted by Gasteiger charge is 2.12. The fourth-order valence-electron chi connectivity index (χ4n) is 1.75. The number of hydrogen-bond acceptors (Lipinski definition) is 4. The van der Waals surface area contributed by atoms with Gasteiger partial charge in [0.15, 0.2) is 0 Å². The summed E-state index contributed by atoms with van der Waals surface area (Å²) >= 11 is 0. The molecule has 0 heterocycles. The molecule has 0 aliphatic heterocycles. The number of unbranched alkanes of at least 4 members (excludes halogenated alkanes) is 1. The number of nitrogens with zero attached hydrogens (tertiary/aromatic N) is 1. The van der Waals surface area contributed by atoms with E-state index < -0.39 is 4.92 Å². The molecule has 0 saturated heterocycles. The molecule has 1 aromatic carbocycles. The maximum Gasteiger partial charge on any atom is 0.311 e. The van der Waals surface area contributed by atoms with E-state index in [1.807, 2.05) is 6.92 Å². The van der Waals surface area contributed by atoms with Gasteiger partial charge >= 0.3 is 5.97 Å². The second kappa shape index (κ2) is 7.51. The van der Waals surface area contributed by atoms with Gasteiger partial charge in [0.25, 0.3) is 5.69 Å². The van der Waals surface area contributed by atoms with Gasteiger partial charge in [-0.1, -0.05) is 33.1 Å². The number of hydrogen-bond donors (Lipinski definition) is 0. The standard InChI is InChI=1S/C14H19NO4/c1-3-4-5-11(2)10-14(16)19-13-8-6-12(7-9-13)15(17)18/h6-9,11H,3-5,10H2,1-2H3/t11-/m1/s1. The van der Waals surface area contributed by atoms with Crippen molar-refractivity contribution in [3.63, 3.8) is 0 Å². The lowest BCUT2D eigenvalue weighted by Crippen LogP contribution is -2.12. The van der Waals surface area contributed by atoms with Crippen molar-refractivity contribution in [2.75, 3.05) is 0 Å². The van der Waals surface area contributed by atoms with E-state index in [1.165, 1.54) is 24.3 Å².